The van der Waals surface area contributed by atoms with E-state index in [4.69, 9.17) is 10.2 Å². The van der Waals surface area contributed by atoms with E-state index in [0.29, 0.717) is 31.5 Å². The highest BCUT2D eigenvalue weighted by molar-refractivity contribution is 5.78. The SMILES string of the molecule is O=C(O)CCCCCCCCCCCCCCCCC(=O)CCCCCCNC(=O)CCCCCCCCCCCCCCCCC(=O)O. The Kier molecular flexibility index (Phi) is 37.4. The Hall–Kier alpha value is -1.92. The number of carboxylic acids is 2. The standard InChI is InChI=1S/C42H79NO6/c44-39(33-27-21-17-13-9-5-1-3-7-11-15-19-23-30-36-41(46)47)34-28-25-26-32-38-43-40(45)35-29-22-18-14-10-6-2-4-8-12-16-20-24-31-37-42(48)49/h1-38H2,(H,43,45)(H,46,47)(H,48,49). The Morgan fingerprint density at radius 2 is 0.510 bits per heavy atom. The van der Waals surface area contributed by atoms with Crippen molar-refractivity contribution in [2.45, 2.75) is 238 Å². The molecule has 49 heavy (non-hydrogen) atoms. The highest BCUT2D eigenvalue weighted by atomic mass is 16.4. The molecule has 0 radical (unpaired) electrons. The second-order valence-corrected chi connectivity index (χ2v) is 14.7. The molecule has 0 aliphatic heterocycles. The number of carboxylic acid groups (broad SMARTS) is 2. The largest absolute Gasteiger partial charge is 0.481 e. The van der Waals surface area contributed by atoms with Gasteiger partial charge in [-0.25, -0.2) is 0 Å². The van der Waals surface area contributed by atoms with Crippen molar-refractivity contribution in [2.75, 3.05) is 6.54 Å². The van der Waals surface area contributed by atoms with Gasteiger partial charge in [-0.3, -0.25) is 19.2 Å². The van der Waals surface area contributed by atoms with Gasteiger partial charge >= 0.3 is 11.9 Å². The fraction of sp³-hybridized carbons (Fsp3) is 0.905. The molecular weight excluding hydrogens is 614 g/mol. The van der Waals surface area contributed by atoms with Crippen LogP contribution in [0.3, 0.4) is 0 Å². The Bertz CT molecular complexity index is 708. The van der Waals surface area contributed by atoms with Gasteiger partial charge in [-0.1, -0.05) is 167 Å². The summed E-state index contributed by atoms with van der Waals surface area (Å²) in [5.41, 5.74) is 0. The monoisotopic (exact) mass is 694 g/mol. The lowest BCUT2D eigenvalue weighted by Crippen LogP contribution is -2.23. The topological polar surface area (TPSA) is 121 Å². The molecular formula is C42H79NO6. The second kappa shape index (κ2) is 38.9. The number of aliphatic carboxylic acids is 2. The summed E-state index contributed by atoms with van der Waals surface area (Å²) >= 11 is 0. The first kappa shape index (κ1) is 47.1. The van der Waals surface area contributed by atoms with Crippen LogP contribution >= 0.6 is 0 Å². The molecule has 1 amide bonds. The first-order valence-corrected chi connectivity index (χ1v) is 21.1. The summed E-state index contributed by atoms with van der Waals surface area (Å²) in [7, 11) is 0. The average Bonchev–Trinajstić information content (AvgIpc) is 3.07. The van der Waals surface area contributed by atoms with Crippen LogP contribution < -0.4 is 5.32 Å². The molecule has 0 aromatic rings. The maximum Gasteiger partial charge on any atom is 0.303 e. The lowest BCUT2D eigenvalue weighted by molar-refractivity contribution is -0.138. The van der Waals surface area contributed by atoms with E-state index in [-0.39, 0.29) is 5.91 Å². The third kappa shape index (κ3) is 42.2. The summed E-state index contributed by atoms with van der Waals surface area (Å²) in [5, 5.41) is 20.3. The number of Topliss-reactive ketones (excluding diaryl/α,β-unsaturated/α-hetero) is 1. The zero-order valence-corrected chi connectivity index (χ0v) is 31.9. The smallest absolute Gasteiger partial charge is 0.303 e. The van der Waals surface area contributed by atoms with Crippen molar-refractivity contribution in [1.29, 1.82) is 0 Å². The van der Waals surface area contributed by atoms with Crippen LogP contribution in [0.1, 0.15) is 238 Å². The van der Waals surface area contributed by atoms with Crippen LogP contribution in [0.2, 0.25) is 0 Å². The minimum Gasteiger partial charge on any atom is -0.481 e. The first-order valence-electron chi connectivity index (χ1n) is 21.1. The number of amides is 1. The molecule has 7 nitrogen and oxygen atoms in total. The minimum absolute atomic E-state index is 0.187. The molecule has 0 bridgehead atoms. The fourth-order valence-electron chi connectivity index (χ4n) is 6.64. The van der Waals surface area contributed by atoms with Gasteiger partial charge in [0.05, 0.1) is 0 Å². The highest BCUT2D eigenvalue weighted by Gasteiger charge is 2.04. The van der Waals surface area contributed by atoms with Crippen molar-refractivity contribution in [3.05, 3.63) is 0 Å². The van der Waals surface area contributed by atoms with Crippen LogP contribution in [-0.2, 0) is 19.2 Å². The van der Waals surface area contributed by atoms with Gasteiger partial charge < -0.3 is 15.5 Å². The predicted molar refractivity (Wildman–Crippen MR) is 204 cm³/mol. The molecule has 0 fully saturated rings. The van der Waals surface area contributed by atoms with E-state index in [2.05, 4.69) is 5.32 Å². The number of hydrogen-bond acceptors (Lipinski definition) is 4. The lowest BCUT2D eigenvalue weighted by Gasteiger charge is -2.06. The minimum atomic E-state index is -0.677. The molecule has 0 aliphatic carbocycles. The Morgan fingerprint density at radius 1 is 0.286 bits per heavy atom. The van der Waals surface area contributed by atoms with E-state index in [1.807, 2.05) is 0 Å². The molecule has 0 rings (SSSR count). The van der Waals surface area contributed by atoms with E-state index in [1.165, 1.54) is 135 Å². The van der Waals surface area contributed by atoms with Gasteiger partial charge in [-0.2, -0.15) is 0 Å². The molecule has 7 heteroatoms. The maximum atomic E-state index is 12.2. The summed E-state index contributed by atoms with van der Waals surface area (Å²) in [5.74, 6) is -0.745. The molecule has 0 heterocycles. The maximum absolute atomic E-state index is 12.2. The Labute approximate surface area is 301 Å². The quantitative estimate of drug-likeness (QED) is 0.0548. The molecule has 0 saturated heterocycles. The van der Waals surface area contributed by atoms with E-state index in [0.717, 1.165) is 83.6 Å². The van der Waals surface area contributed by atoms with Crippen molar-refractivity contribution in [2.24, 2.45) is 0 Å². The zero-order valence-electron chi connectivity index (χ0n) is 31.9. The van der Waals surface area contributed by atoms with Crippen LogP contribution in [0.15, 0.2) is 0 Å². The molecule has 0 aromatic carbocycles. The number of carbonyl (C=O) groups excluding carboxylic acids is 2. The molecule has 0 aliphatic rings. The number of nitrogens with one attached hydrogen (secondary N) is 1. The van der Waals surface area contributed by atoms with Crippen LogP contribution in [0.25, 0.3) is 0 Å². The molecule has 0 spiro atoms. The van der Waals surface area contributed by atoms with Crippen molar-refractivity contribution in [3.8, 4) is 0 Å². The third-order valence-corrected chi connectivity index (χ3v) is 9.85. The summed E-state index contributed by atoms with van der Waals surface area (Å²) in [6.07, 6.45) is 40.6. The highest BCUT2D eigenvalue weighted by Crippen LogP contribution is 2.16. The van der Waals surface area contributed by atoms with Crippen LogP contribution in [0.4, 0.5) is 0 Å². The summed E-state index contributed by atoms with van der Waals surface area (Å²) in [6, 6.07) is 0. The number of ketones is 1. The average molecular weight is 694 g/mol. The van der Waals surface area contributed by atoms with Crippen molar-refractivity contribution in [1.82, 2.24) is 5.32 Å². The van der Waals surface area contributed by atoms with Crippen LogP contribution in [0, 0.1) is 0 Å². The van der Waals surface area contributed by atoms with Crippen molar-refractivity contribution < 1.29 is 29.4 Å². The van der Waals surface area contributed by atoms with Gasteiger partial charge in [-0.05, 0) is 38.5 Å². The first-order chi connectivity index (χ1) is 23.9. The zero-order chi connectivity index (χ0) is 35.9. The lowest BCUT2D eigenvalue weighted by atomic mass is 10.0. The normalized spacial score (nSPS) is 11.2. The van der Waals surface area contributed by atoms with Gasteiger partial charge in [0.1, 0.15) is 5.78 Å². The van der Waals surface area contributed by atoms with Crippen LogP contribution in [-0.4, -0.2) is 40.4 Å². The third-order valence-electron chi connectivity index (χ3n) is 9.85. The van der Waals surface area contributed by atoms with Gasteiger partial charge in [0.25, 0.3) is 0 Å². The molecule has 288 valence electrons. The molecule has 3 N–H and O–H groups in total. The summed E-state index contributed by atoms with van der Waals surface area (Å²) < 4.78 is 0. The van der Waals surface area contributed by atoms with E-state index >= 15 is 0 Å². The summed E-state index contributed by atoms with van der Waals surface area (Å²) in [4.78, 5) is 45.3. The Morgan fingerprint density at radius 3 is 0.796 bits per heavy atom. The number of carbonyl (C=O) groups is 4. The van der Waals surface area contributed by atoms with Gasteiger partial charge in [-0.15, -0.1) is 0 Å². The van der Waals surface area contributed by atoms with Gasteiger partial charge in [0, 0.05) is 38.6 Å². The van der Waals surface area contributed by atoms with Crippen molar-refractivity contribution in [3.63, 3.8) is 0 Å². The van der Waals surface area contributed by atoms with Gasteiger partial charge in [0.15, 0.2) is 0 Å². The predicted octanol–water partition coefficient (Wildman–Crippen LogP) is 12.3. The summed E-state index contributed by atoms with van der Waals surface area (Å²) in [6.45, 7) is 0.759. The Balaban J connectivity index is 3.26. The molecule has 0 unspecified atom stereocenters. The molecule has 0 aromatic heterocycles. The van der Waals surface area contributed by atoms with Crippen molar-refractivity contribution >= 4 is 23.6 Å². The number of rotatable bonds is 41. The second-order valence-electron chi connectivity index (χ2n) is 14.7. The fourth-order valence-corrected chi connectivity index (χ4v) is 6.64. The van der Waals surface area contributed by atoms with E-state index in [1.54, 1.807) is 0 Å². The number of unbranched alkanes of at least 4 members (excludes halogenated alkanes) is 29. The van der Waals surface area contributed by atoms with Gasteiger partial charge in [0.2, 0.25) is 5.91 Å². The van der Waals surface area contributed by atoms with E-state index < -0.39 is 11.9 Å². The molecule has 0 saturated carbocycles. The number of hydrogen-bond donors (Lipinski definition) is 3. The van der Waals surface area contributed by atoms with Crippen LogP contribution in [0.5, 0.6) is 0 Å². The van der Waals surface area contributed by atoms with E-state index in [9.17, 15) is 19.2 Å². The molecule has 0 atom stereocenters.